The highest BCUT2D eigenvalue weighted by Crippen LogP contribution is 2.18. The molecule has 0 fully saturated rings. The van der Waals surface area contributed by atoms with Crippen molar-refractivity contribution in [3.63, 3.8) is 0 Å². The molecule has 0 unspecified atom stereocenters. The molecule has 0 aliphatic carbocycles. The van der Waals surface area contributed by atoms with E-state index in [1.165, 1.54) is 0 Å². The van der Waals surface area contributed by atoms with Crippen molar-refractivity contribution >= 4 is 24.7 Å². The van der Waals surface area contributed by atoms with Crippen LogP contribution in [0.25, 0.3) is 0 Å². The molecule has 17 heavy (non-hydrogen) atoms. The van der Waals surface area contributed by atoms with Gasteiger partial charge in [0, 0.05) is 0 Å². The number of hydrogen-bond donors (Lipinski definition) is 2. The molecule has 0 heterocycles. The van der Waals surface area contributed by atoms with E-state index in [9.17, 15) is 4.57 Å². The van der Waals surface area contributed by atoms with Crippen LogP contribution in [-0.2, 0) is 4.57 Å². The number of nitrogens with one attached hydrogen (secondary N) is 1. The van der Waals surface area contributed by atoms with E-state index in [-0.39, 0.29) is 0 Å². The van der Waals surface area contributed by atoms with Gasteiger partial charge in [-0.25, -0.2) is 0 Å². The molecule has 0 spiro atoms. The summed E-state index contributed by atoms with van der Waals surface area (Å²) in [6.07, 6.45) is 0.750. The zero-order valence-electron chi connectivity index (χ0n) is 9.28. The number of rotatable bonds is 2. The summed E-state index contributed by atoms with van der Waals surface area (Å²) < 4.78 is 12.0. The molecule has 0 radical (unpaired) electrons. The maximum absolute atomic E-state index is 12.0. The molecule has 3 nitrogen and oxygen atoms in total. The zero-order chi connectivity index (χ0) is 12.5. The largest absolute Gasteiger partial charge is 0.415 e. The molecule has 0 aromatic heterocycles. The highest BCUT2D eigenvalue weighted by molar-refractivity contribution is 7.61. The lowest BCUT2D eigenvalue weighted by atomic mass is 10.4. The van der Waals surface area contributed by atoms with Crippen LogP contribution < -0.4 is 16.3 Å². The fourth-order valence-electron chi connectivity index (χ4n) is 1.28. The van der Waals surface area contributed by atoms with Gasteiger partial charge in [-0.3, -0.25) is 5.41 Å². The van der Waals surface area contributed by atoms with E-state index in [1.54, 1.807) is 0 Å². The molecule has 4 heteroatoms. The Morgan fingerprint density at radius 1 is 0.882 bits per heavy atom. The second-order valence-electron chi connectivity index (χ2n) is 3.13. The third kappa shape index (κ3) is 4.17. The lowest BCUT2D eigenvalue weighted by Crippen LogP contribution is -2.04. The number of nitrogens with two attached hydrogens (primary N) is 1. The van der Waals surface area contributed by atoms with Crippen molar-refractivity contribution in [1.29, 1.82) is 5.41 Å². The first-order chi connectivity index (χ1) is 8.29. The van der Waals surface area contributed by atoms with Crippen molar-refractivity contribution in [2.24, 2.45) is 5.73 Å². The molecule has 3 N–H and O–H groups in total. The summed E-state index contributed by atoms with van der Waals surface area (Å²) in [5, 5.41) is 7.63. The summed E-state index contributed by atoms with van der Waals surface area (Å²) in [5.41, 5.74) is 4.39. The Morgan fingerprint density at radius 2 is 1.18 bits per heavy atom. The van der Waals surface area contributed by atoms with Gasteiger partial charge in [0.15, 0.2) is 10.6 Å². The Labute approximate surface area is 102 Å². The van der Waals surface area contributed by atoms with Crippen LogP contribution in [0.1, 0.15) is 0 Å². The smallest absolute Gasteiger partial charge is 0.390 e. The molecule has 86 valence electrons. The van der Waals surface area contributed by atoms with Gasteiger partial charge >= 0.3 is 7.80 Å². The van der Waals surface area contributed by atoms with Crippen LogP contribution in [-0.4, -0.2) is 6.34 Å². The highest BCUT2D eigenvalue weighted by atomic mass is 31.1. The molecular formula is C13H14N2OP+. The highest BCUT2D eigenvalue weighted by Gasteiger charge is 2.21. The first-order valence-corrected chi connectivity index (χ1v) is 6.33. The Balaban J connectivity index is 0.000000437. The van der Waals surface area contributed by atoms with Crippen LogP contribution in [0.5, 0.6) is 0 Å². The van der Waals surface area contributed by atoms with Crippen molar-refractivity contribution in [1.82, 2.24) is 0 Å². The van der Waals surface area contributed by atoms with Gasteiger partial charge < -0.3 is 5.73 Å². The van der Waals surface area contributed by atoms with Crippen molar-refractivity contribution in [3.8, 4) is 0 Å². The van der Waals surface area contributed by atoms with E-state index < -0.39 is 7.80 Å². The lowest BCUT2D eigenvalue weighted by Gasteiger charge is -1.87. The maximum atomic E-state index is 12.0. The van der Waals surface area contributed by atoms with Crippen LogP contribution in [0.3, 0.4) is 0 Å². The monoisotopic (exact) mass is 245 g/mol. The molecular weight excluding hydrogens is 231 g/mol. The molecule has 2 aromatic rings. The van der Waals surface area contributed by atoms with Gasteiger partial charge in [0.2, 0.25) is 0 Å². The van der Waals surface area contributed by atoms with Crippen molar-refractivity contribution in [3.05, 3.63) is 60.7 Å². The molecule has 0 saturated heterocycles. The first kappa shape index (κ1) is 13.1. The standard InChI is InChI=1S/C12H10OP.CH4N2/c13-14(11-7-3-1-4-8-11)12-9-5-2-6-10-12;2-1-3/h1-10H;1H,(H3,2,3)/q+1;. The molecule has 0 bridgehead atoms. The summed E-state index contributed by atoms with van der Waals surface area (Å²) in [7, 11) is -1.42. The van der Waals surface area contributed by atoms with Gasteiger partial charge in [-0.05, 0) is 24.3 Å². The van der Waals surface area contributed by atoms with Crippen molar-refractivity contribution in [2.75, 3.05) is 0 Å². The van der Waals surface area contributed by atoms with Crippen LogP contribution in [0.2, 0.25) is 0 Å². The fraction of sp³-hybridized carbons (Fsp3) is 0. The number of hydrogen-bond acceptors (Lipinski definition) is 2. The Morgan fingerprint density at radius 3 is 1.47 bits per heavy atom. The molecule has 2 aromatic carbocycles. The second kappa shape index (κ2) is 7.31. The lowest BCUT2D eigenvalue weighted by molar-refractivity contribution is 0.598. The van der Waals surface area contributed by atoms with Gasteiger partial charge in [-0.1, -0.05) is 41.0 Å². The Bertz CT molecular complexity index is 430. The average molecular weight is 245 g/mol. The van der Waals surface area contributed by atoms with E-state index in [1.807, 2.05) is 60.7 Å². The first-order valence-electron chi connectivity index (χ1n) is 5.07. The van der Waals surface area contributed by atoms with E-state index in [0.29, 0.717) is 0 Å². The van der Waals surface area contributed by atoms with E-state index >= 15 is 0 Å². The summed E-state index contributed by atoms with van der Waals surface area (Å²) in [6, 6.07) is 19.1. The van der Waals surface area contributed by atoms with Gasteiger partial charge in [-0.2, -0.15) is 0 Å². The molecule has 0 amide bonds. The van der Waals surface area contributed by atoms with E-state index in [0.717, 1.165) is 16.9 Å². The second-order valence-corrected chi connectivity index (χ2v) is 4.75. The van der Waals surface area contributed by atoms with Crippen molar-refractivity contribution < 1.29 is 4.57 Å². The van der Waals surface area contributed by atoms with Crippen LogP contribution >= 0.6 is 7.80 Å². The van der Waals surface area contributed by atoms with Gasteiger partial charge in [-0.15, -0.1) is 0 Å². The Kier molecular flexibility index (Phi) is 5.62. The molecule has 2 rings (SSSR count). The van der Waals surface area contributed by atoms with Gasteiger partial charge in [0.25, 0.3) is 0 Å². The average Bonchev–Trinajstić information content (AvgIpc) is 2.41. The van der Waals surface area contributed by atoms with Gasteiger partial charge in [0.05, 0.1) is 6.34 Å². The summed E-state index contributed by atoms with van der Waals surface area (Å²) >= 11 is 0. The van der Waals surface area contributed by atoms with Crippen LogP contribution in [0.15, 0.2) is 60.7 Å². The van der Waals surface area contributed by atoms with E-state index in [2.05, 4.69) is 5.73 Å². The normalized spacial score (nSPS) is 8.71. The SMILES string of the molecule is N=CN.O=[P+](c1ccccc1)c1ccccc1. The third-order valence-corrected chi connectivity index (χ3v) is 3.52. The predicted octanol–water partition coefficient (Wildman–Crippen LogP) is 2.02. The minimum absolute atomic E-state index is 0.750. The fourth-order valence-corrected chi connectivity index (χ4v) is 2.46. The van der Waals surface area contributed by atoms with Gasteiger partial charge in [0.1, 0.15) is 0 Å². The minimum Gasteiger partial charge on any atom is -0.390 e. The minimum atomic E-state index is -1.42. The summed E-state index contributed by atoms with van der Waals surface area (Å²) in [5.74, 6) is 0. The topological polar surface area (TPSA) is 66.9 Å². The number of benzene rings is 2. The predicted molar refractivity (Wildman–Crippen MR) is 72.7 cm³/mol. The third-order valence-electron chi connectivity index (χ3n) is 1.98. The quantitative estimate of drug-likeness (QED) is 0.483. The summed E-state index contributed by atoms with van der Waals surface area (Å²) in [6.45, 7) is 0. The van der Waals surface area contributed by atoms with Crippen LogP contribution in [0.4, 0.5) is 0 Å². The maximum Gasteiger partial charge on any atom is 0.415 e. The molecule has 0 atom stereocenters. The van der Waals surface area contributed by atoms with Crippen molar-refractivity contribution in [2.45, 2.75) is 0 Å². The summed E-state index contributed by atoms with van der Waals surface area (Å²) in [4.78, 5) is 0. The Hall–Kier alpha value is -1.99. The van der Waals surface area contributed by atoms with Crippen LogP contribution in [0, 0.1) is 5.41 Å². The zero-order valence-corrected chi connectivity index (χ0v) is 10.2. The molecule has 0 aliphatic heterocycles. The van der Waals surface area contributed by atoms with E-state index in [4.69, 9.17) is 5.41 Å². The molecule has 0 aliphatic rings. The molecule has 0 saturated carbocycles.